The summed E-state index contributed by atoms with van der Waals surface area (Å²) >= 11 is 3.46. The quantitative estimate of drug-likeness (QED) is 0.800. The first kappa shape index (κ1) is 15.6. The molecule has 0 bridgehead atoms. The highest BCUT2D eigenvalue weighted by molar-refractivity contribution is 9.10. The molecule has 0 saturated heterocycles. The van der Waals surface area contributed by atoms with Gasteiger partial charge in [-0.2, -0.15) is 0 Å². The van der Waals surface area contributed by atoms with E-state index in [0.29, 0.717) is 6.04 Å². The molecule has 0 radical (unpaired) electrons. The Hall–Kier alpha value is -0.450. The SMILES string of the molecule is CCCC(OC)C(Cc1cncc(Br)c1)NCC. The van der Waals surface area contributed by atoms with Gasteiger partial charge in [0.1, 0.15) is 0 Å². The molecule has 0 fully saturated rings. The number of pyridine rings is 1. The number of likely N-dealkylation sites (N-methyl/N-ethyl adjacent to an activating group) is 1. The monoisotopic (exact) mass is 314 g/mol. The first-order chi connectivity index (χ1) is 8.71. The van der Waals surface area contributed by atoms with Gasteiger partial charge in [0.05, 0.1) is 6.10 Å². The number of nitrogens with zero attached hydrogens (tertiary/aromatic N) is 1. The Labute approximate surface area is 118 Å². The van der Waals surface area contributed by atoms with Gasteiger partial charge in [-0.05, 0) is 46.9 Å². The molecule has 1 N–H and O–H groups in total. The van der Waals surface area contributed by atoms with Gasteiger partial charge in [-0.1, -0.05) is 20.3 Å². The number of methoxy groups -OCH3 is 1. The summed E-state index contributed by atoms with van der Waals surface area (Å²) in [7, 11) is 1.80. The van der Waals surface area contributed by atoms with Gasteiger partial charge < -0.3 is 10.1 Å². The number of ether oxygens (including phenoxy) is 1. The fourth-order valence-electron chi connectivity index (χ4n) is 2.19. The smallest absolute Gasteiger partial charge is 0.0727 e. The molecule has 0 saturated carbocycles. The first-order valence-electron chi connectivity index (χ1n) is 6.56. The minimum atomic E-state index is 0.258. The molecular formula is C14H23BrN2O. The minimum absolute atomic E-state index is 0.258. The van der Waals surface area contributed by atoms with Crippen molar-refractivity contribution in [3.05, 3.63) is 28.5 Å². The molecule has 1 aromatic heterocycles. The summed E-state index contributed by atoms with van der Waals surface area (Å²) in [5.74, 6) is 0. The van der Waals surface area contributed by atoms with Crippen LogP contribution < -0.4 is 5.32 Å². The van der Waals surface area contributed by atoms with E-state index in [4.69, 9.17) is 4.74 Å². The van der Waals surface area contributed by atoms with Gasteiger partial charge in [-0.25, -0.2) is 0 Å². The van der Waals surface area contributed by atoms with Crippen molar-refractivity contribution in [3.63, 3.8) is 0 Å². The lowest BCUT2D eigenvalue weighted by atomic mass is 9.99. The highest BCUT2D eigenvalue weighted by Gasteiger charge is 2.20. The highest BCUT2D eigenvalue weighted by atomic mass is 79.9. The Balaban J connectivity index is 2.72. The van der Waals surface area contributed by atoms with Crippen molar-refractivity contribution in [2.24, 2.45) is 0 Å². The van der Waals surface area contributed by atoms with Crippen LogP contribution in [0, 0.1) is 0 Å². The number of hydrogen-bond donors (Lipinski definition) is 1. The summed E-state index contributed by atoms with van der Waals surface area (Å²) in [6.07, 6.45) is 7.15. The molecule has 1 heterocycles. The molecule has 0 amide bonds. The largest absolute Gasteiger partial charge is 0.380 e. The predicted octanol–water partition coefficient (Wildman–Crippen LogP) is 3.18. The van der Waals surface area contributed by atoms with Crippen molar-refractivity contribution in [2.75, 3.05) is 13.7 Å². The fourth-order valence-corrected chi connectivity index (χ4v) is 2.60. The molecule has 2 atom stereocenters. The van der Waals surface area contributed by atoms with Crippen LogP contribution in [0.1, 0.15) is 32.3 Å². The van der Waals surface area contributed by atoms with Crippen molar-refractivity contribution < 1.29 is 4.74 Å². The number of hydrogen-bond acceptors (Lipinski definition) is 3. The number of halogens is 1. The van der Waals surface area contributed by atoms with Crippen molar-refractivity contribution in [1.82, 2.24) is 10.3 Å². The van der Waals surface area contributed by atoms with E-state index in [0.717, 1.165) is 30.3 Å². The van der Waals surface area contributed by atoms with Crippen LogP contribution in [0.5, 0.6) is 0 Å². The van der Waals surface area contributed by atoms with Gasteiger partial charge in [0, 0.05) is 30.0 Å². The van der Waals surface area contributed by atoms with Crippen molar-refractivity contribution in [3.8, 4) is 0 Å². The predicted molar refractivity (Wildman–Crippen MR) is 78.8 cm³/mol. The summed E-state index contributed by atoms with van der Waals surface area (Å²) in [5.41, 5.74) is 1.23. The van der Waals surface area contributed by atoms with Gasteiger partial charge in [-0.15, -0.1) is 0 Å². The topological polar surface area (TPSA) is 34.1 Å². The molecule has 0 aliphatic rings. The normalized spacial score (nSPS) is 14.4. The summed E-state index contributed by atoms with van der Waals surface area (Å²) in [4.78, 5) is 4.21. The summed E-state index contributed by atoms with van der Waals surface area (Å²) in [5, 5.41) is 3.52. The molecule has 3 nitrogen and oxygen atoms in total. The molecule has 4 heteroatoms. The van der Waals surface area contributed by atoms with Crippen LogP contribution in [0.15, 0.2) is 22.9 Å². The third kappa shape index (κ3) is 5.04. The van der Waals surface area contributed by atoms with Gasteiger partial charge in [0.2, 0.25) is 0 Å². The van der Waals surface area contributed by atoms with Crippen LogP contribution in [0.25, 0.3) is 0 Å². The maximum Gasteiger partial charge on any atom is 0.0727 e. The molecule has 1 rings (SSSR count). The summed E-state index contributed by atoms with van der Waals surface area (Å²) < 4.78 is 6.64. The lowest BCUT2D eigenvalue weighted by Gasteiger charge is -2.26. The maximum absolute atomic E-state index is 5.61. The second-order valence-corrected chi connectivity index (χ2v) is 5.36. The van der Waals surface area contributed by atoms with E-state index in [2.05, 4.69) is 46.1 Å². The first-order valence-corrected chi connectivity index (χ1v) is 7.36. The zero-order valence-electron chi connectivity index (χ0n) is 11.4. The maximum atomic E-state index is 5.61. The second kappa shape index (κ2) is 8.62. The Bertz CT molecular complexity index is 346. The standard InChI is InChI=1S/C14H23BrN2O/c1-4-6-14(18-3)13(17-5-2)8-11-7-12(15)10-16-9-11/h7,9-10,13-14,17H,4-6,8H2,1-3H3. The third-order valence-corrected chi connectivity index (χ3v) is 3.44. The van der Waals surface area contributed by atoms with Gasteiger partial charge >= 0.3 is 0 Å². The summed E-state index contributed by atoms with van der Waals surface area (Å²) in [6.45, 7) is 5.27. The zero-order chi connectivity index (χ0) is 13.4. The summed E-state index contributed by atoms with van der Waals surface area (Å²) in [6, 6.07) is 2.46. The zero-order valence-corrected chi connectivity index (χ0v) is 13.0. The minimum Gasteiger partial charge on any atom is -0.380 e. The van der Waals surface area contributed by atoms with Crippen LogP contribution >= 0.6 is 15.9 Å². The second-order valence-electron chi connectivity index (χ2n) is 4.44. The number of nitrogens with one attached hydrogen (secondary N) is 1. The van der Waals surface area contributed by atoms with E-state index >= 15 is 0 Å². The van der Waals surface area contributed by atoms with E-state index in [-0.39, 0.29) is 6.10 Å². The van der Waals surface area contributed by atoms with Gasteiger partial charge in [0.15, 0.2) is 0 Å². The lowest BCUT2D eigenvalue weighted by molar-refractivity contribution is 0.0614. The fraction of sp³-hybridized carbons (Fsp3) is 0.643. The van der Waals surface area contributed by atoms with Crippen LogP contribution in [-0.2, 0) is 11.2 Å². The van der Waals surface area contributed by atoms with Gasteiger partial charge in [-0.3, -0.25) is 4.98 Å². The average molecular weight is 315 g/mol. The van der Waals surface area contributed by atoms with Crippen LogP contribution in [0.2, 0.25) is 0 Å². The van der Waals surface area contributed by atoms with Crippen LogP contribution in [0.3, 0.4) is 0 Å². The Morgan fingerprint density at radius 1 is 1.39 bits per heavy atom. The average Bonchev–Trinajstić information content (AvgIpc) is 2.35. The Morgan fingerprint density at radius 2 is 2.17 bits per heavy atom. The Kier molecular flexibility index (Phi) is 7.47. The van der Waals surface area contributed by atoms with E-state index in [1.165, 1.54) is 5.56 Å². The molecular weight excluding hydrogens is 292 g/mol. The van der Waals surface area contributed by atoms with Gasteiger partial charge in [0.25, 0.3) is 0 Å². The molecule has 2 unspecified atom stereocenters. The third-order valence-electron chi connectivity index (χ3n) is 3.01. The highest BCUT2D eigenvalue weighted by Crippen LogP contribution is 2.15. The molecule has 0 spiro atoms. The van der Waals surface area contributed by atoms with E-state index in [1.807, 2.05) is 12.4 Å². The molecule has 1 aromatic rings. The number of rotatable bonds is 8. The van der Waals surface area contributed by atoms with Crippen molar-refractivity contribution in [1.29, 1.82) is 0 Å². The number of aromatic nitrogens is 1. The molecule has 0 aromatic carbocycles. The lowest BCUT2D eigenvalue weighted by Crippen LogP contribution is -2.42. The van der Waals surface area contributed by atoms with Crippen molar-refractivity contribution in [2.45, 2.75) is 45.3 Å². The Morgan fingerprint density at radius 3 is 2.72 bits per heavy atom. The molecule has 102 valence electrons. The molecule has 0 aliphatic carbocycles. The molecule has 18 heavy (non-hydrogen) atoms. The van der Waals surface area contributed by atoms with E-state index in [1.54, 1.807) is 7.11 Å². The molecule has 0 aliphatic heterocycles. The van der Waals surface area contributed by atoms with E-state index < -0.39 is 0 Å². The van der Waals surface area contributed by atoms with Crippen molar-refractivity contribution >= 4 is 15.9 Å². The van der Waals surface area contributed by atoms with Crippen LogP contribution in [-0.4, -0.2) is 30.8 Å². The van der Waals surface area contributed by atoms with Crippen LogP contribution in [0.4, 0.5) is 0 Å². The van der Waals surface area contributed by atoms with E-state index in [9.17, 15) is 0 Å².